The summed E-state index contributed by atoms with van der Waals surface area (Å²) in [7, 11) is 4.00. The summed E-state index contributed by atoms with van der Waals surface area (Å²) in [6.07, 6.45) is 36.3. The van der Waals surface area contributed by atoms with Crippen molar-refractivity contribution in [2.45, 2.75) is 180 Å². The topological polar surface area (TPSA) is 65.1 Å². The molecule has 0 aromatic carbocycles. The second-order valence-electron chi connectivity index (χ2n) is 13.0. The van der Waals surface area contributed by atoms with Crippen LogP contribution in [0.2, 0.25) is 0 Å². The minimum atomic E-state index is -0.609. The molecule has 1 atom stereocenters. The van der Waals surface area contributed by atoms with Gasteiger partial charge in [0.15, 0.2) is 0 Å². The largest absolute Gasteiger partial charge is 0.508 e. The number of nitrogens with zero attached hydrogens (tertiary/aromatic N) is 1. The van der Waals surface area contributed by atoms with Gasteiger partial charge in [-0.3, -0.25) is 4.79 Å². The van der Waals surface area contributed by atoms with Gasteiger partial charge in [-0.25, -0.2) is 4.79 Å². The summed E-state index contributed by atoms with van der Waals surface area (Å²) >= 11 is 0. The highest BCUT2D eigenvalue weighted by Gasteiger charge is 2.16. The van der Waals surface area contributed by atoms with Gasteiger partial charge >= 0.3 is 12.1 Å². The van der Waals surface area contributed by atoms with Crippen molar-refractivity contribution in [3.05, 3.63) is 24.3 Å². The Bertz CT molecular complexity index is 706. The van der Waals surface area contributed by atoms with E-state index in [0.717, 1.165) is 64.3 Å². The Morgan fingerprint density at radius 1 is 0.578 bits per heavy atom. The Morgan fingerprint density at radius 2 is 1.11 bits per heavy atom. The van der Waals surface area contributed by atoms with E-state index in [9.17, 15) is 9.59 Å². The quantitative estimate of drug-likeness (QED) is 0.0406. The Labute approximate surface area is 279 Å². The molecule has 0 aliphatic rings. The van der Waals surface area contributed by atoms with Gasteiger partial charge in [0.25, 0.3) is 0 Å². The van der Waals surface area contributed by atoms with Crippen LogP contribution in [0.1, 0.15) is 174 Å². The molecule has 0 spiro atoms. The molecule has 0 aromatic rings. The van der Waals surface area contributed by atoms with Crippen LogP contribution in [0.3, 0.4) is 0 Å². The number of hydrogen-bond donors (Lipinski definition) is 0. The molecule has 0 fully saturated rings. The standard InChI is InChI=1S/C39H73NO5/c1-5-7-9-11-13-15-17-18-19-20-21-23-25-27-29-32-38(41)43-36-33-37(45-39(42)44-35-30-34-40(3)4)31-28-26-24-22-16-14-12-10-8-6-2/h13,15,18-19,37H,5-12,14,16-17,20-36H2,1-4H3. The Hall–Kier alpha value is -1.82. The van der Waals surface area contributed by atoms with Crippen LogP contribution in [-0.2, 0) is 19.0 Å². The highest BCUT2D eigenvalue weighted by atomic mass is 16.7. The second-order valence-corrected chi connectivity index (χ2v) is 13.0. The second kappa shape index (κ2) is 35.0. The average Bonchev–Trinajstić information content (AvgIpc) is 3.01. The van der Waals surface area contributed by atoms with Crippen LogP contribution in [0.25, 0.3) is 0 Å². The summed E-state index contributed by atoms with van der Waals surface area (Å²) in [6.45, 7) is 6.00. The number of unbranched alkanes of at least 4 members (excludes halogenated alkanes) is 17. The van der Waals surface area contributed by atoms with Crippen molar-refractivity contribution in [3.63, 3.8) is 0 Å². The van der Waals surface area contributed by atoms with E-state index in [1.54, 1.807) is 0 Å². The Morgan fingerprint density at radius 3 is 1.73 bits per heavy atom. The molecule has 0 amide bonds. The first kappa shape index (κ1) is 43.2. The molecule has 0 rings (SSSR count). The predicted octanol–water partition coefficient (Wildman–Crippen LogP) is 11.5. The third kappa shape index (κ3) is 34.9. The number of esters is 1. The molecule has 6 heteroatoms. The van der Waals surface area contributed by atoms with Crippen molar-refractivity contribution < 1.29 is 23.8 Å². The minimum absolute atomic E-state index is 0.148. The van der Waals surface area contributed by atoms with E-state index < -0.39 is 6.16 Å². The van der Waals surface area contributed by atoms with Crippen molar-refractivity contribution in [3.8, 4) is 0 Å². The van der Waals surface area contributed by atoms with E-state index in [0.29, 0.717) is 19.4 Å². The number of carbonyl (C=O) groups is 2. The van der Waals surface area contributed by atoms with Crippen molar-refractivity contribution in [1.82, 2.24) is 4.90 Å². The lowest BCUT2D eigenvalue weighted by Gasteiger charge is -2.18. The van der Waals surface area contributed by atoms with Gasteiger partial charge in [-0.2, -0.15) is 0 Å². The molecule has 0 heterocycles. The maximum absolute atomic E-state index is 12.3. The molecule has 0 aliphatic carbocycles. The number of rotatable bonds is 33. The van der Waals surface area contributed by atoms with Gasteiger partial charge in [0.05, 0.1) is 13.2 Å². The normalized spacial score (nSPS) is 12.4. The van der Waals surface area contributed by atoms with Gasteiger partial charge in [-0.1, -0.05) is 128 Å². The van der Waals surface area contributed by atoms with Crippen molar-refractivity contribution in [1.29, 1.82) is 0 Å². The molecule has 0 saturated heterocycles. The zero-order chi connectivity index (χ0) is 33.1. The van der Waals surface area contributed by atoms with Gasteiger partial charge in [0.1, 0.15) is 6.10 Å². The number of ether oxygens (including phenoxy) is 3. The van der Waals surface area contributed by atoms with Crippen molar-refractivity contribution in [2.24, 2.45) is 0 Å². The summed E-state index contributed by atoms with van der Waals surface area (Å²) in [5, 5.41) is 0. The van der Waals surface area contributed by atoms with Crippen LogP contribution >= 0.6 is 0 Å². The van der Waals surface area contributed by atoms with E-state index >= 15 is 0 Å². The number of allylic oxidation sites excluding steroid dienone is 4. The molecule has 0 bridgehead atoms. The van der Waals surface area contributed by atoms with Crippen LogP contribution in [0, 0.1) is 0 Å². The van der Waals surface area contributed by atoms with E-state index in [4.69, 9.17) is 14.2 Å². The maximum Gasteiger partial charge on any atom is 0.508 e. The van der Waals surface area contributed by atoms with Crippen LogP contribution in [0.5, 0.6) is 0 Å². The van der Waals surface area contributed by atoms with Gasteiger partial charge in [-0.15, -0.1) is 0 Å². The summed E-state index contributed by atoms with van der Waals surface area (Å²) in [4.78, 5) is 26.6. The maximum atomic E-state index is 12.3. The molecule has 45 heavy (non-hydrogen) atoms. The van der Waals surface area contributed by atoms with E-state index in [1.165, 1.54) is 89.9 Å². The van der Waals surface area contributed by atoms with Gasteiger partial charge < -0.3 is 19.1 Å². The first-order chi connectivity index (χ1) is 22.0. The number of hydrogen-bond acceptors (Lipinski definition) is 6. The smallest absolute Gasteiger partial charge is 0.466 e. The molecule has 6 nitrogen and oxygen atoms in total. The molecule has 0 saturated carbocycles. The Kier molecular flexibility index (Phi) is 33.6. The molecular formula is C39H73NO5. The van der Waals surface area contributed by atoms with Crippen LogP contribution in [0.15, 0.2) is 24.3 Å². The van der Waals surface area contributed by atoms with Gasteiger partial charge in [0.2, 0.25) is 0 Å². The predicted molar refractivity (Wildman–Crippen MR) is 191 cm³/mol. The summed E-state index contributed by atoms with van der Waals surface area (Å²) in [5.74, 6) is -0.148. The molecular weight excluding hydrogens is 562 g/mol. The first-order valence-electron chi connectivity index (χ1n) is 18.9. The Balaban J connectivity index is 4.07. The number of carbonyl (C=O) groups excluding carboxylic acids is 2. The third-order valence-corrected chi connectivity index (χ3v) is 8.15. The van der Waals surface area contributed by atoms with Crippen LogP contribution < -0.4 is 0 Å². The highest BCUT2D eigenvalue weighted by Crippen LogP contribution is 2.16. The highest BCUT2D eigenvalue weighted by molar-refractivity contribution is 5.69. The average molecular weight is 636 g/mol. The summed E-state index contributed by atoms with van der Waals surface area (Å²) in [6, 6.07) is 0. The molecule has 0 aromatic heterocycles. The fourth-order valence-electron chi connectivity index (χ4n) is 5.29. The lowest BCUT2D eigenvalue weighted by atomic mass is 10.0. The van der Waals surface area contributed by atoms with E-state index in [-0.39, 0.29) is 18.7 Å². The molecule has 0 aliphatic heterocycles. The third-order valence-electron chi connectivity index (χ3n) is 8.15. The lowest BCUT2D eigenvalue weighted by Crippen LogP contribution is -2.23. The summed E-state index contributed by atoms with van der Waals surface area (Å²) < 4.78 is 16.4. The van der Waals surface area contributed by atoms with Crippen molar-refractivity contribution >= 4 is 12.1 Å². The lowest BCUT2D eigenvalue weighted by molar-refractivity contribution is -0.144. The molecule has 0 radical (unpaired) electrons. The minimum Gasteiger partial charge on any atom is -0.466 e. The summed E-state index contributed by atoms with van der Waals surface area (Å²) in [5.41, 5.74) is 0. The zero-order valence-electron chi connectivity index (χ0n) is 30.2. The van der Waals surface area contributed by atoms with Crippen LogP contribution in [-0.4, -0.2) is 57.0 Å². The van der Waals surface area contributed by atoms with Crippen molar-refractivity contribution in [2.75, 3.05) is 33.9 Å². The fourth-order valence-corrected chi connectivity index (χ4v) is 5.29. The van der Waals surface area contributed by atoms with Gasteiger partial charge in [0, 0.05) is 19.4 Å². The zero-order valence-corrected chi connectivity index (χ0v) is 30.2. The fraction of sp³-hybridized carbons (Fsp3) is 0.846. The SMILES string of the molecule is CCCCCC=CCC=CCCCCCCCC(=O)OCCC(CCCCCCCCCCCC)OC(=O)OCCCN(C)C. The molecule has 1 unspecified atom stereocenters. The monoisotopic (exact) mass is 636 g/mol. The molecule has 264 valence electrons. The van der Waals surface area contributed by atoms with Gasteiger partial charge in [-0.05, 0) is 71.9 Å². The van der Waals surface area contributed by atoms with E-state index in [1.807, 2.05) is 14.1 Å². The van der Waals surface area contributed by atoms with E-state index in [2.05, 4.69) is 43.1 Å². The van der Waals surface area contributed by atoms with Crippen LogP contribution in [0.4, 0.5) is 4.79 Å². The first-order valence-corrected chi connectivity index (χ1v) is 18.9. The molecule has 0 N–H and O–H groups in total.